The number of amides is 1. The highest BCUT2D eigenvalue weighted by Gasteiger charge is 2.48. The number of hydrogen-bond acceptors (Lipinski definition) is 9. The van der Waals surface area contributed by atoms with E-state index in [1.54, 1.807) is 16.7 Å². The average molecular weight is 621 g/mol. The molecule has 6 rings (SSSR count). The van der Waals surface area contributed by atoms with E-state index < -0.39 is 31.7 Å². The monoisotopic (exact) mass is 620 g/mol. The average Bonchev–Trinajstić information content (AvgIpc) is 3.77. The van der Waals surface area contributed by atoms with Gasteiger partial charge in [0.15, 0.2) is 21.8 Å². The fourth-order valence-electron chi connectivity index (χ4n) is 5.26. The van der Waals surface area contributed by atoms with Gasteiger partial charge < -0.3 is 9.80 Å². The zero-order chi connectivity index (χ0) is 29.5. The van der Waals surface area contributed by atoms with Crippen LogP contribution in [-0.2, 0) is 20.2 Å². The van der Waals surface area contributed by atoms with Crippen molar-refractivity contribution >= 4 is 50.1 Å². The predicted molar refractivity (Wildman–Crippen MR) is 152 cm³/mol. The van der Waals surface area contributed by atoms with Gasteiger partial charge >= 0.3 is 0 Å². The normalized spacial score (nSPS) is 21.4. The molecule has 1 aliphatic heterocycles. The molecular formula is C26H30ClFN8O3S2. The summed E-state index contributed by atoms with van der Waals surface area (Å²) in [6.45, 7) is 8.21. The zero-order valence-electron chi connectivity index (χ0n) is 23.1. The minimum absolute atomic E-state index is 0.00139. The molecule has 41 heavy (non-hydrogen) atoms. The molecule has 1 amide bonds. The maximum Gasteiger partial charge on any atom is 0.245 e. The predicted octanol–water partition coefficient (Wildman–Crippen LogP) is 3.72. The van der Waals surface area contributed by atoms with Gasteiger partial charge in [-0.05, 0) is 39.5 Å². The van der Waals surface area contributed by atoms with Crippen molar-refractivity contribution in [3.63, 3.8) is 0 Å². The van der Waals surface area contributed by atoms with Gasteiger partial charge in [-0.15, -0.1) is 10.2 Å². The Morgan fingerprint density at radius 3 is 2.56 bits per heavy atom. The Hall–Kier alpha value is -2.86. The van der Waals surface area contributed by atoms with Crippen molar-refractivity contribution in [3.8, 4) is 16.9 Å². The second-order valence-corrected chi connectivity index (χ2v) is 14.8. The van der Waals surface area contributed by atoms with Gasteiger partial charge in [0.1, 0.15) is 26.5 Å². The zero-order valence-corrected chi connectivity index (χ0v) is 25.5. The third kappa shape index (κ3) is 4.76. The molecular weight excluding hydrogens is 591 g/mol. The molecule has 2 aliphatic carbocycles. The number of rotatable bonds is 7. The first kappa shape index (κ1) is 28.3. The number of hydrogen-bond donors (Lipinski definition) is 1. The Labute approximate surface area is 246 Å². The van der Waals surface area contributed by atoms with Crippen LogP contribution in [0.4, 0.5) is 10.1 Å². The Morgan fingerprint density at radius 2 is 1.98 bits per heavy atom. The second kappa shape index (κ2) is 9.58. The number of nitrogens with one attached hydrogen (secondary N) is 1. The summed E-state index contributed by atoms with van der Waals surface area (Å²) in [6.07, 6.45) is 3.88. The van der Waals surface area contributed by atoms with Crippen LogP contribution >= 0.6 is 22.9 Å². The van der Waals surface area contributed by atoms with Crippen LogP contribution in [0.25, 0.3) is 16.3 Å². The SMILES string of the molecule is CC(C)C(=O)N1CCN(c2c(F)c(S(=O)(=O)NC3(C)CC3)cn3c(-c4nnc(C5(C#N)CC5)s4)nc(Cl)c23)C[C@H]1C. The molecule has 1 N–H and O–H groups in total. The number of anilines is 1. The Kier molecular flexibility index (Phi) is 6.61. The topological polar surface area (TPSA) is 137 Å². The molecule has 1 saturated heterocycles. The van der Waals surface area contributed by atoms with Crippen LogP contribution in [0.5, 0.6) is 0 Å². The quantitative estimate of drug-likeness (QED) is 0.422. The third-order valence-corrected chi connectivity index (χ3v) is 11.2. The number of carbonyl (C=O) groups is 1. The lowest BCUT2D eigenvalue weighted by molar-refractivity contribution is -0.136. The van der Waals surface area contributed by atoms with Crippen LogP contribution in [0.1, 0.15) is 58.4 Å². The first-order valence-electron chi connectivity index (χ1n) is 13.5. The van der Waals surface area contributed by atoms with Gasteiger partial charge in [-0.25, -0.2) is 22.5 Å². The van der Waals surface area contributed by atoms with Crippen molar-refractivity contribution in [1.82, 2.24) is 29.2 Å². The molecule has 0 radical (unpaired) electrons. The van der Waals surface area contributed by atoms with Gasteiger partial charge in [-0.1, -0.05) is 36.8 Å². The van der Waals surface area contributed by atoms with Gasteiger partial charge in [-0.2, -0.15) is 5.26 Å². The summed E-state index contributed by atoms with van der Waals surface area (Å²) >= 11 is 7.84. The molecule has 3 aliphatic rings. The van der Waals surface area contributed by atoms with Crippen molar-refractivity contribution in [2.24, 2.45) is 5.92 Å². The van der Waals surface area contributed by atoms with Crippen LogP contribution in [-0.4, -0.2) is 70.0 Å². The lowest BCUT2D eigenvalue weighted by atomic mass is 10.1. The van der Waals surface area contributed by atoms with Crippen molar-refractivity contribution in [3.05, 3.63) is 22.2 Å². The summed E-state index contributed by atoms with van der Waals surface area (Å²) in [6, 6.07) is 2.04. The molecule has 15 heteroatoms. The van der Waals surface area contributed by atoms with E-state index >= 15 is 4.39 Å². The maximum atomic E-state index is 16.5. The molecule has 1 atom stereocenters. The minimum Gasteiger partial charge on any atom is -0.364 e. The van der Waals surface area contributed by atoms with E-state index in [9.17, 15) is 18.5 Å². The number of imidazole rings is 1. The summed E-state index contributed by atoms with van der Waals surface area (Å²) < 4.78 is 47.7. The summed E-state index contributed by atoms with van der Waals surface area (Å²) in [7, 11) is -4.27. The van der Waals surface area contributed by atoms with Gasteiger partial charge in [-0.3, -0.25) is 9.20 Å². The Balaban J connectivity index is 1.50. The summed E-state index contributed by atoms with van der Waals surface area (Å²) in [5, 5.41) is 18.9. The number of nitrogens with zero attached hydrogens (tertiary/aromatic N) is 7. The van der Waals surface area contributed by atoms with Gasteiger partial charge in [0, 0.05) is 43.3 Å². The number of nitriles is 1. The van der Waals surface area contributed by atoms with E-state index in [1.165, 1.54) is 21.9 Å². The Bertz CT molecular complexity index is 1720. The number of aromatic nitrogens is 4. The van der Waals surface area contributed by atoms with E-state index in [-0.39, 0.29) is 53.1 Å². The summed E-state index contributed by atoms with van der Waals surface area (Å²) in [5.74, 6) is -0.906. The standard InChI is InChI=1S/C26H30ClFN8O3S2/c1-14(2)23(37)35-10-9-34(11-15(35)3)18-17(28)16(41(38,39)33-25(4)5-6-25)12-36-19(18)20(27)30-21(36)22-31-32-24(40-22)26(13-29)7-8-26/h12,14-15,33H,5-11H2,1-4H3/t15-/m1/s1. The molecule has 3 aromatic heterocycles. The Morgan fingerprint density at radius 1 is 1.27 bits per heavy atom. The molecule has 3 fully saturated rings. The van der Waals surface area contributed by atoms with E-state index in [0.29, 0.717) is 42.2 Å². The van der Waals surface area contributed by atoms with Gasteiger partial charge in [0.25, 0.3) is 0 Å². The van der Waals surface area contributed by atoms with E-state index in [2.05, 4.69) is 26.0 Å². The highest BCUT2D eigenvalue weighted by atomic mass is 35.5. The third-order valence-electron chi connectivity index (χ3n) is 8.14. The molecule has 0 aromatic carbocycles. The maximum absolute atomic E-state index is 16.5. The van der Waals surface area contributed by atoms with Gasteiger partial charge in [0.05, 0.1) is 6.07 Å². The molecule has 3 aromatic rings. The van der Waals surface area contributed by atoms with Gasteiger partial charge in [0.2, 0.25) is 15.9 Å². The number of fused-ring (bicyclic) bond motifs is 1. The highest BCUT2D eigenvalue weighted by molar-refractivity contribution is 7.89. The van der Waals surface area contributed by atoms with E-state index in [1.807, 2.05) is 20.8 Å². The minimum atomic E-state index is -4.27. The number of carbonyl (C=O) groups excluding carboxylic acids is 1. The number of sulfonamides is 1. The van der Waals surface area contributed by atoms with Crippen LogP contribution in [0.15, 0.2) is 11.1 Å². The molecule has 218 valence electrons. The molecule has 2 saturated carbocycles. The fraction of sp³-hybridized carbons (Fsp3) is 0.577. The van der Waals surface area contributed by atoms with Crippen LogP contribution in [0, 0.1) is 23.1 Å². The lowest BCUT2D eigenvalue weighted by Crippen LogP contribution is -2.55. The van der Waals surface area contributed by atoms with E-state index in [4.69, 9.17) is 11.6 Å². The molecule has 0 unspecified atom stereocenters. The van der Waals surface area contributed by atoms with Crippen molar-refractivity contribution < 1.29 is 17.6 Å². The number of halogens is 2. The van der Waals surface area contributed by atoms with Crippen molar-refractivity contribution in [2.45, 2.75) is 75.3 Å². The molecule has 0 bridgehead atoms. The second-order valence-electron chi connectivity index (χ2n) is 11.9. The number of piperazine rings is 1. The molecule has 0 spiro atoms. The fourth-order valence-corrected chi connectivity index (χ4v) is 8.09. The van der Waals surface area contributed by atoms with Crippen LogP contribution in [0.2, 0.25) is 5.15 Å². The largest absolute Gasteiger partial charge is 0.364 e. The summed E-state index contributed by atoms with van der Waals surface area (Å²) in [4.78, 5) is 20.2. The van der Waals surface area contributed by atoms with Crippen LogP contribution < -0.4 is 9.62 Å². The van der Waals surface area contributed by atoms with Crippen molar-refractivity contribution in [1.29, 1.82) is 5.26 Å². The molecule has 11 nitrogen and oxygen atoms in total. The summed E-state index contributed by atoms with van der Waals surface area (Å²) in [5.41, 5.74) is -1.09. The number of pyridine rings is 1. The lowest BCUT2D eigenvalue weighted by Gasteiger charge is -2.42. The first-order valence-corrected chi connectivity index (χ1v) is 16.2. The first-order chi connectivity index (χ1) is 19.3. The molecule has 4 heterocycles. The smallest absolute Gasteiger partial charge is 0.245 e. The highest BCUT2D eigenvalue weighted by Crippen LogP contribution is 2.49. The van der Waals surface area contributed by atoms with E-state index in [0.717, 1.165) is 0 Å². The van der Waals surface area contributed by atoms with Crippen LogP contribution in [0.3, 0.4) is 0 Å². The van der Waals surface area contributed by atoms with Crippen molar-refractivity contribution in [2.75, 3.05) is 24.5 Å².